The van der Waals surface area contributed by atoms with Gasteiger partial charge in [0.05, 0.1) is 5.56 Å². The maximum Gasteiger partial charge on any atom is 0.586 e. The van der Waals surface area contributed by atoms with Crippen LogP contribution in [0.5, 0.6) is 11.5 Å². The van der Waals surface area contributed by atoms with Crippen molar-refractivity contribution in [1.82, 2.24) is 9.88 Å². The zero-order valence-corrected chi connectivity index (χ0v) is 18.3. The monoisotopic (exact) mass is 469 g/mol. The lowest BCUT2D eigenvalue weighted by Crippen LogP contribution is -2.27. The van der Waals surface area contributed by atoms with Crippen LogP contribution in [-0.2, 0) is 6.54 Å². The van der Waals surface area contributed by atoms with Gasteiger partial charge in [-0.2, -0.15) is 0 Å². The number of fused-ring (bicyclic) bond motifs is 1. The fourth-order valence-electron chi connectivity index (χ4n) is 3.13. The first-order valence-electron chi connectivity index (χ1n) is 10.2. The molecule has 34 heavy (non-hydrogen) atoms. The Morgan fingerprint density at radius 3 is 2.56 bits per heavy atom. The summed E-state index contributed by atoms with van der Waals surface area (Å²) < 4.78 is 35.3. The molecular formula is C23H21F2N5O4. The molecule has 2 aromatic carbocycles. The van der Waals surface area contributed by atoms with Gasteiger partial charge >= 0.3 is 12.3 Å². The minimum absolute atomic E-state index is 0.108. The number of anilines is 3. The summed E-state index contributed by atoms with van der Waals surface area (Å²) in [5, 5.41) is 8.55. The fraction of sp³-hybridized carbons (Fsp3) is 0.174. The number of halogens is 2. The van der Waals surface area contributed by atoms with E-state index in [-0.39, 0.29) is 23.2 Å². The Hall–Kier alpha value is -4.41. The molecule has 176 valence electrons. The average Bonchev–Trinajstić information content (AvgIpc) is 3.11. The molecule has 0 unspecified atom stereocenters. The second-order valence-electron chi connectivity index (χ2n) is 7.56. The molecule has 4 rings (SSSR count). The van der Waals surface area contributed by atoms with E-state index in [1.807, 2.05) is 0 Å². The quantitative estimate of drug-likeness (QED) is 0.496. The molecule has 2 heterocycles. The third-order valence-electron chi connectivity index (χ3n) is 4.78. The molecule has 0 atom stereocenters. The van der Waals surface area contributed by atoms with Crippen LogP contribution >= 0.6 is 0 Å². The number of para-hydroxylation sites is 1. The van der Waals surface area contributed by atoms with Gasteiger partial charge in [0.25, 0.3) is 5.91 Å². The van der Waals surface area contributed by atoms with Crippen LogP contribution in [0.15, 0.2) is 60.8 Å². The number of aromatic nitrogens is 1. The van der Waals surface area contributed by atoms with E-state index in [0.717, 1.165) is 5.56 Å². The maximum absolute atomic E-state index is 13.2. The number of carbonyl (C=O) groups is 2. The Balaban J connectivity index is 1.44. The summed E-state index contributed by atoms with van der Waals surface area (Å²) in [4.78, 5) is 30.2. The molecule has 3 amide bonds. The van der Waals surface area contributed by atoms with Gasteiger partial charge in [0.1, 0.15) is 5.82 Å². The summed E-state index contributed by atoms with van der Waals surface area (Å²) in [6.07, 6.45) is -2.16. The highest BCUT2D eigenvalue weighted by Crippen LogP contribution is 2.42. The van der Waals surface area contributed by atoms with Crippen LogP contribution in [-0.4, -0.2) is 42.2 Å². The van der Waals surface area contributed by atoms with E-state index in [1.165, 1.54) is 23.1 Å². The predicted octanol–water partition coefficient (Wildman–Crippen LogP) is 4.36. The lowest BCUT2D eigenvalue weighted by atomic mass is 10.1. The van der Waals surface area contributed by atoms with Crippen LogP contribution in [0.4, 0.5) is 30.8 Å². The molecule has 0 fully saturated rings. The topological polar surface area (TPSA) is 105 Å². The van der Waals surface area contributed by atoms with E-state index in [9.17, 15) is 18.4 Å². The van der Waals surface area contributed by atoms with Crippen molar-refractivity contribution < 1.29 is 27.8 Å². The molecule has 0 saturated carbocycles. The van der Waals surface area contributed by atoms with Crippen molar-refractivity contribution in [2.75, 3.05) is 30.0 Å². The molecule has 1 aliphatic rings. The molecule has 11 heteroatoms. The lowest BCUT2D eigenvalue weighted by molar-refractivity contribution is -0.286. The number of urea groups is 1. The van der Waals surface area contributed by atoms with Gasteiger partial charge in [-0.3, -0.25) is 10.1 Å². The zero-order valence-electron chi connectivity index (χ0n) is 18.3. The molecule has 9 nitrogen and oxygen atoms in total. The Bertz CT molecular complexity index is 1240. The Morgan fingerprint density at radius 2 is 1.76 bits per heavy atom. The number of nitrogens with one attached hydrogen (secondary N) is 3. The molecule has 1 aromatic heterocycles. The first-order valence-corrected chi connectivity index (χ1v) is 10.2. The van der Waals surface area contributed by atoms with Gasteiger partial charge in [0.2, 0.25) is 0 Å². The van der Waals surface area contributed by atoms with Crippen molar-refractivity contribution in [2.45, 2.75) is 12.8 Å². The number of pyridine rings is 1. The van der Waals surface area contributed by atoms with Crippen molar-refractivity contribution in [2.24, 2.45) is 0 Å². The van der Waals surface area contributed by atoms with Crippen LogP contribution in [0.1, 0.15) is 15.9 Å². The van der Waals surface area contributed by atoms with E-state index in [1.54, 1.807) is 56.7 Å². The van der Waals surface area contributed by atoms with Crippen molar-refractivity contribution in [1.29, 1.82) is 0 Å². The zero-order chi connectivity index (χ0) is 24.3. The highest BCUT2D eigenvalue weighted by Gasteiger charge is 2.43. The van der Waals surface area contributed by atoms with Crippen molar-refractivity contribution >= 4 is 29.1 Å². The van der Waals surface area contributed by atoms with Crippen molar-refractivity contribution in [3.63, 3.8) is 0 Å². The number of ether oxygens (including phenoxy) is 2. The first-order chi connectivity index (χ1) is 16.2. The largest absolute Gasteiger partial charge is 0.586 e. The van der Waals surface area contributed by atoms with Crippen LogP contribution in [0.25, 0.3) is 0 Å². The van der Waals surface area contributed by atoms with Crippen LogP contribution in [0.3, 0.4) is 0 Å². The molecule has 0 bridgehead atoms. The third-order valence-corrected chi connectivity index (χ3v) is 4.78. The van der Waals surface area contributed by atoms with Gasteiger partial charge < -0.3 is 25.0 Å². The van der Waals surface area contributed by atoms with E-state index in [0.29, 0.717) is 23.6 Å². The summed E-state index contributed by atoms with van der Waals surface area (Å²) >= 11 is 0. The third kappa shape index (κ3) is 5.31. The lowest BCUT2D eigenvalue weighted by Gasteiger charge is -2.14. The molecule has 0 spiro atoms. The molecule has 3 aromatic rings. The van der Waals surface area contributed by atoms with Crippen LogP contribution in [0, 0.1) is 0 Å². The van der Waals surface area contributed by atoms with Gasteiger partial charge in [-0.15, -0.1) is 8.78 Å². The summed E-state index contributed by atoms with van der Waals surface area (Å²) in [6.45, 7) is 0.358. The van der Waals surface area contributed by atoms with Crippen molar-refractivity contribution in [3.05, 3.63) is 71.9 Å². The van der Waals surface area contributed by atoms with Gasteiger partial charge in [0.15, 0.2) is 11.5 Å². The van der Waals surface area contributed by atoms with Gasteiger partial charge in [0, 0.05) is 44.3 Å². The molecule has 3 N–H and O–H groups in total. The molecule has 0 aliphatic carbocycles. The van der Waals surface area contributed by atoms with E-state index < -0.39 is 12.2 Å². The summed E-state index contributed by atoms with van der Waals surface area (Å²) in [5.74, 6) is -0.313. The van der Waals surface area contributed by atoms with Gasteiger partial charge in [-0.05, 0) is 42.0 Å². The number of hydrogen-bond donors (Lipinski definition) is 3. The molecule has 0 saturated heterocycles. The van der Waals surface area contributed by atoms with Crippen molar-refractivity contribution in [3.8, 4) is 11.5 Å². The van der Waals surface area contributed by atoms with Crippen LogP contribution < -0.4 is 25.4 Å². The highest BCUT2D eigenvalue weighted by atomic mass is 19.3. The molecular weight excluding hydrogens is 448 g/mol. The second kappa shape index (κ2) is 9.22. The number of nitrogens with zero attached hydrogens (tertiary/aromatic N) is 2. The minimum Gasteiger partial charge on any atom is -0.395 e. The Kier molecular flexibility index (Phi) is 6.17. The summed E-state index contributed by atoms with van der Waals surface area (Å²) in [6, 6.07) is 14.1. The number of hydrogen-bond acceptors (Lipinski definition) is 6. The van der Waals surface area contributed by atoms with Crippen LogP contribution in [0.2, 0.25) is 0 Å². The Labute approximate surface area is 193 Å². The second-order valence-corrected chi connectivity index (χ2v) is 7.56. The highest BCUT2D eigenvalue weighted by molar-refractivity contribution is 6.08. The van der Waals surface area contributed by atoms with Gasteiger partial charge in [-0.25, -0.2) is 9.78 Å². The molecule has 0 radical (unpaired) electrons. The summed E-state index contributed by atoms with van der Waals surface area (Å²) in [7, 11) is 3.25. The normalized spacial score (nSPS) is 13.2. The predicted molar refractivity (Wildman–Crippen MR) is 121 cm³/mol. The number of alkyl halides is 2. The summed E-state index contributed by atoms with van der Waals surface area (Å²) in [5.41, 5.74) is 2.01. The maximum atomic E-state index is 13.2. The standard InChI is InChI=1S/C23H21F2N5O4/c1-30(2)22(32)29-20-11-14(9-10-26-20)13-27-17-6-4-3-5-16(17)21(31)28-15-7-8-18-19(12-15)34-23(24,25)33-18/h3-12,27H,13H2,1-2H3,(H,28,31)(H,26,29,32). The first kappa shape index (κ1) is 22.8. The Morgan fingerprint density at radius 1 is 1.00 bits per heavy atom. The fourth-order valence-corrected chi connectivity index (χ4v) is 3.13. The number of benzene rings is 2. The van der Waals surface area contributed by atoms with E-state index in [4.69, 9.17) is 0 Å². The average molecular weight is 469 g/mol. The SMILES string of the molecule is CN(C)C(=O)Nc1cc(CNc2ccccc2C(=O)Nc2ccc3c(c2)OC(F)(F)O3)ccn1. The van der Waals surface area contributed by atoms with Gasteiger partial charge in [-0.1, -0.05) is 12.1 Å². The number of amides is 3. The number of rotatable bonds is 6. The van der Waals surface area contributed by atoms with E-state index >= 15 is 0 Å². The minimum atomic E-state index is -3.73. The molecule has 1 aliphatic heterocycles. The number of carbonyl (C=O) groups excluding carboxylic acids is 2. The van der Waals surface area contributed by atoms with E-state index in [2.05, 4.69) is 30.4 Å². The smallest absolute Gasteiger partial charge is 0.395 e.